The molecule has 0 atom stereocenters. The van der Waals surface area contributed by atoms with E-state index in [-0.39, 0.29) is 11.3 Å². The summed E-state index contributed by atoms with van der Waals surface area (Å²) < 4.78 is 5.38. The van der Waals surface area contributed by atoms with Crippen LogP contribution in [0.2, 0.25) is 5.02 Å². The number of nitro groups is 1. The summed E-state index contributed by atoms with van der Waals surface area (Å²) in [5, 5.41) is 14.7. The smallest absolute Gasteiger partial charge is 0.270 e. The number of anilines is 3. The second-order valence-corrected chi connectivity index (χ2v) is 8.91. The van der Waals surface area contributed by atoms with Crippen LogP contribution < -0.4 is 15.1 Å². The van der Waals surface area contributed by atoms with Gasteiger partial charge in [0.2, 0.25) is 0 Å². The number of carbonyl (C=O) groups is 1. The van der Waals surface area contributed by atoms with E-state index in [4.69, 9.17) is 16.3 Å². The molecule has 2 fully saturated rings. The maximum atomic E-state index is 13.1. The first-order valence-electron chi connectivity index (χ1n) is 10.1. The molecule has 2 aliphatic heterocycles. The highest BCUT2D eigenvalue weighted by Crippen LogP contribution is 2.32. The first kappa shape index (κ1) is 21.7. The van der Waals surface area contributed by atoms with Gasteiger partial charge in [-0.2, -0.15) is 11.8 Å². The van der Waals surface area contributed by atoms with Crippen LogP contribution in [0.3, 0.4) is 0 Å². The number of hydrogen-bond donors (Lipinski definition) is 1. The first-order valence-corrected chi connectivity index (χ1v) is 11.6. The van der Waals surface area contributed by atoms with E-state index in [1.54, 1.807) is 12.1 Å². The van der Waals surface area contributed by atoms with Crippen LogP contribution in [-0.2, 0) is 4.74 Å². The van der Waals surface area contributed by atoms with Crippen molar-refractivity contribution >= 4 is 52.0 Å². The molecule has 4 rings (SSSR count). The van der Waals surface area contributed by atoms with E-state index in [1.807, 2.05) is 28.8 Å². The molecule has 2 aliphatic rings. The molecule has 0 spiro atoms. The fraction of sp³-hybridized carbons (Fsp3) is 0.381. The highest BCUT2D eigenvalue weighted by molar-refractivity contribution is 7.99. The number of morpholine rings is 1. The minimum atomic E-state index is -0.498. The molecule has 1 N–H and O–H groups in total. The van der Waals surface area contributed by atoms with E-state index >= 15 is 0 Å². The normalized spacial score (nSPS) is 16.8. The highest BCUT2D eigenvalue weighted by atomic mass is 35.5. The Morgan fingerprint density at radius 1 is 1.03 bits per heavy atom. The van der Waals surface area contributed by atoms with Gasteiger partial charge in [-0.1, -0.05) is 11.6 Å². The monoisotopic (exact) mass is 462 g/mol. The molecule has 2 aromatic carbocycles. The minimum absolute atomic E-state index is 0.126. The Kier molecular flexibility index (Phi) is 6.84. The Bertz CT molecular complexity index is 978. The Morgan fingerprint density at radius 2 is 1.71 bits per heavy atom. The van der Waals surface area contributed by atoms with Crippen LogP contribution in [0.1, 0.15) is 10.4 Å². The van der Waals surface area contributed by atoms with Crippen LogP contribution in [0.5, 0.6) is 0 Å². The Morgan fingerprint density at radius 3 is 2.39 bits per heavy atom. The molecule has 2 aromatic rings. The predicted octanol–water partition coefficient (Wildman–Crippen LogP) is 3.89. The second kappa shape index (κ2) is 9.76. The standard InChI is InChI=1S/C21H23ClN4O4S/c22-18-13-15(1-3-20(18)25-7-11-31-12-8-25)23-21(27)17-14-16(26(28)29)2-4-19(17)24-5-9-30-10-6-24/h1-4,13-14H,5-12H2,(H,23,27). The van der Waals surface area contributed by atoms with Gasteiger partial charge in [-0.05, 0) is 24.3 Å². The molecule has 0 aromatic heterocycles. The fourth-order valence-corrected chi connectivity index (χ4v) is 4.95. The third-order valence-corrected chi connectivity index (χ3v) is 6.59. The number of ether oxygens (including phenoxy) is 1. The molecule has 8 nitrogen and oxygen atoms in total. The van der Waals surface area contributed by atoms with Crippen LogP contribution >= 0.6 is 23.4 Å². The summed E-state index contributed by atoms with van der Waals surface area (Å²) in [5.74, 6) is 1.71. The summed E-state index contributed by atoms with van der Waals surface area (Å²) >= 11 is 8.42. The van der Waals surface area contributed by atoms with E-state index in [0.29, 0.717) is 42.7 Å². The maximum absolute atomic E-state index is 13.1. The molecular weight excluding hydrogens is 440 g/mol. The number of nitrogens with one attached hydrogen (secondary N) is 1. The van der Waals surface area contributed by atoms with Gasteiger partial charge in [0.25, 0.3) is 11.6 Å². The summed E-state index contributed by atoms with van der Waals surface area (Å²) in [7, 11) is 0. The zero-order valence-corrected chi connectivity index (χ0v) is 18.5. The number of nitro benzene ring substituents is 1. The second-order valence-electron chi connectivity index (χ2n) is 7.28. The van der Waals surface area contributed by atoms with Gasteiger partial charge >= 0.3 is 0 Å². The molecule has 0 bridgehead atoms. The van der Waals surface area contributed by atoms with Gasteiger partial charge in [0, 0.05) is 55.5 Å². The number of nitrogens with zero attached hydrogens (tertiary/aromatic N) is 3. The van der Waals surface area contributed by atoms with Gasteiger partial charge in [-0.3, -0.25) is 14.9 Å². The lowest BCUT2D eigenvalue weighted by Crippen LogP contribution is -2.37. The lowest BCUT2D eigenvalue weighted by atomic mass is 10.1. The number of non-ortho nitro benzene ring substituents is 1. The van der Waals surface area contributed by atoms with Gasteiger partial charge in [-0.25, -0.2) is 0 Å². The average molecular weight is 463 g/mol. The van der Waals surface area contributed by atoms with Crippen molar-refractivity contribution < 1.29 is 14.5 Å². The lowest BCUT2D eigenvalue weighted by Gasteiger charge is -2.30. The average Bonchev–Trinajstić information content (AvgIpc) is 2.80. The summed E-state index contributed by atoms with van der Waals surface area (Å²) in [6.07, 6.45) is 0. The van der Waals surface area contributed by atoms with Gasteiger partial charge < -0.3 is 19.9 Å². The first-order chi connectivity index (χ1) is 15.0. The molecule has 2 saturated heterocycles. The SMILES string of the molecule is O=C(Nc1ccc(N2CCSCC2)c(Cl)c1)c1cc([N+](=O)[O-])ccc1N1CCOCC1. The van der Waals surface area contributed by atoms with Crippen molar-refractivity contribution in [3.8, 4) is 0 Å². The fourth-order valence-electron chi connectivity index (χ4n) is 3.74. The van der Waals surface area contributed by atoms with E-state index < -0.39 is 10.8 Å². The van der Waals surface area contributed by atoms with Crippen molar-refractivity contribution in [1.82, 2.24) is 0 Å². The molecule has 0 saturated carbocycles. The van der Waals surface area contributed by atoms with Crippen molar-refractivity contribution in [2.75, 3.05) is 66.0 Å². The van der Waals surface area contributed by atoms with Crippen molar-refractivity contribution in [2.24, 2.45) is 0 Å². The summed E-state index contributed by atoms with van der Waals surface area (Å²) in [6.45, 7) is 4.20. The highest BCUT2D eigenvalue weighted by Gasteiger charge is 2.23. The topological polar surface area (TPSA) is 88.0 Å². The zero-order chi connectivity index (χ0) is 21.8. The Hall–Kier alpha value is -2.49. The van der Waals surface area contributed by atoms with Crippen LogP contribution in [-0.4, -0.2) is 61.7 Å². The number of halogens is 1. The van der Waals surface area contributed by atoms with E-state index in [2.05, 4.69) is 10.2 Å². The molecule has 0 unspecified atom stereocenters. The molecule has 0 aliphatic carbocycles. The third kappa shape index (κ3) is 5.06. The van der Waals surface area contributed by atoms with Crippen LogP contribution in [0, 0.1) is 10.1 Å². The lowest BCUT2D eigenvalue weighted by molar-refractivity contribution is -0.384. The Labute approximate surface area is 189 Å². The summed E-state index contributed by atoms with van der Waals surface area (Å²) in [6, 6.07) is 9.81. The van der Waals surface area contributed by atoms with Gasteiger partial charge in [0.05, 0.1) is 40.1 Å². The van der Waals surface area contributed by atoms with Crippen molar-refractivity contribution in [2.45, 2.75) is 0 Å². The molecular formula is C21H23ClN4O4S. The predicted molar refractivity (Wildman–Crippen MR) is 125 cm³/mol. The molecule has 2 heterocycles. The number of carbonyl (C=O) groups excluding carboxylic acids is 1. The third-order valence-electron chi connectivity index (χ3n) is 5.34. The maximum Gasteiger partial charge on any atom is 0.270 e. The molecule has 164 valence electrons. The van der Waals surface area contributed by atoms with E-state index in [1.165, 1.54) is 12.1 Å². The summed E-state index contributed by atoms with van der Waals surface area (Å²) in [5.41, 5.74) is 2.27. The molecule has 31 heavy (non-hydrogen) atoms. The van der Waals surface area contributed by atoms with Crippen LogP contribution in [0.15, 0.2) is 36.4 Å². The number of thioether (sulfide) groups is 1. The largest absolute Gasteiger partial charge is 0.378 e. The number of benzene rings is 2. The van der Waals surface area contributed by atoms with Gasteiger partial charge in [-0.15, -0.1) is 0 Å². The molecule has 0 radical (unpaired) electrons. The van der Waals surface area contributed by atoms with E-state index in [9.17, 15) is 14.9 Å². The number of amides is 1. The zero-order valence-electron chi connectivity index (χ0n) is 16.9. The van der Waals surface area contributed by atoms with Gasteiger partial charge in [0.1, 0.15) is 0 Å². The quantitative estimate of drug-likeness (QED) is 0.532. The summed E-state index contributed by atoms with van der Waals surface area (Å²) in [4.78, 5) is 28.1. The van der Waals surface area contributed by atoms with Crippen LogP contribution in [0.25, 0.3) is 0 Å². The Balaban J connectivity index is 1.57. The van der Waals surface area contributed by atoms with E-state index in [0.717, 1.165) is 30.3 Å². The number of hydrogen-bond acceptors (Lipinski definition) is 7. The van der Waals surface area contributed by atoms with Crippen molar-refractivity contribution in [1.29, 1.82) is 0 Å². The molecule has 1 amide bonds. The molecule has 10 heteroatoms. The van der Waals surface area contributed by atoms with Crippen molar-refractivity contribution in [3.63, 3.8) is 0 Å². The van der Waals surface area contributed by atoms with Crippen LogP contribution in [0.4, 0.5) is 22.7 Å². The number of rotatable bonds is 5. The van der Waals surface area contributed by atoms with Gasteiger partial charge in [0.15, 0.2) is 0 Å². The minimum Gasteiger partial charge on any atom is -0.378 e. The van der Waals surface area contributed by atoms with Crippen molar-refractivity contribution in [3.05, 3.63) is 57.1 Å².